The number of pyridine rings is 1. The van der Waals surface area contributed by atoms with Crippen molar-refractivity contribution in [2.45, 2.75) is 44.3 Å². The van der Waals surface area contributed by atoms with Gasteiger partial charge in [0.2, 0.25) is 5.82 Å². The summed E-state index contributed by atoms with van der Waals surface area (Å²) in [6, 6.07) is 3.04. The number of carbonyl (C=O) groups excluding carboxylic acids is 2. The Morgan fingerprint density at radius 3 is 2.44 bits per heavy atom. The maximum absolute atomic E-state index is 14.4. The van der Waals surface area contributed by atoms with Crippen molar-refractivity contribution in [3.8, 4) is 5.75 Å². The number of nitrogens with two attached hydrogens (primary N) is 1. The molecule has 196 valence electrons. The Kier molecular flexibility index (Phi) is 7.08. The molecule has 8 nitrogen and oxygen atoms in total. The number of carbonyl (C=O) groups is 2. The van der Waals surface area contributed by atoms with Crippen LogP contribution in [0.15, 0.2) is 35.5 Å². The molecule has 3 N–H and O–H groups in total. The molecule has 1 aromatic heterocycles. The van der Waals surface area contributed by atoms with Crippen LogP contribution in [0.2, 0.25) is 0 Å². The predicted molar refractivity (Wildman–Crippen MR) is 105 cm³/mol. The summed E-state index contributed by atoms with van der Waals surface area (Å²) in [5, 5.41) is 9.25. The lowest BCUT2D eigenvalue weighted by Crippen LogP contribution is -2.47. The highest BCUT2D eigenvalue weighted by molar-refractivity contribution is 5.91. The predicted octanol–water partition coefficient (Wildman–Crippen LogP) is 3.27. The lowest BCUT2D eigenvalue weighted by molar-refractivity contribution is -0.272. The molecule has 1 aromatic carbocycles. The van der Waals surface area contributed by atoms with Crippen LogP contribution in [-0.2, 0) is 9.53 Å². The third-order valence-corrected chi connectivity index (χ3v) is 5.97. The normalized spacial score (nSPS) is 24.8. The molecule has 0 spiro atoms. The summed E-state index contributed by atoms with van der Waals surface area (Å²) < 4.78 is 105. The largest absolute Gasteiger partial charge is 0.431 e. The number of amides is 2. The van der Waals surface area contributed by atoms with Gasteiger partial charge < -0.3 is 20.4 Å². The van der Waals surface area contributed by atoms with E-state index in [1.165, 1.54) is 0 Å². The van der Waals surface area contributed by atoms with Crippen molar-refractivity contribution in [3.05, 3.63) is 58.7 Å². The zero-order valence-corrected chi connectivity index (χ0v) is 18.4. The minimum absolute atomic E-state index is 0.304. The van der Waals surface area contributed by atoms with E-state index in [2.05, 4.69) is 9.73 Å². The minimum atomic E-state index is -5.09. The SMILES string of the molecule is C[C@@H]1[C@H](c2ccc(F)c(F)c2OC(F)F)[C@@H](C(=O)N=c2ccn(O)c(C(N)=O)c2)O[C@@]1(C)C(F)(F)F. The second-order valence-corrected chi connectivity index (χ2v) is 8.04. The van der Waals surface area contributed by atoms with E-state index in [4.69, 9.17) is 10.5 Å². The van der Waals surface area contributed by atoms with Crippen LogP contribution in [0.1, 0.15) is 35.8 Å². The molecule has 2 aromatic rings. The van der Waals surface area contributed by atoms with Crippen molar-refractivity contribution in [3.63, 3.8) is 0 Å². The summed E-state index contributed by atoms with van der Waals surface area (Å²) in [6.07, 6.45) is -6.35. The van der Waals surface area contributed by atoms with Gasteiger partial charge in [0.05, 0.1) is 5.36 Å². The van der Waals surface area contributed by atoms with Gasteiger partial charge in [0, 0.05) is 23.6 Å². The van der Waals surface area contributed by atoms with Gasteiger partial charge in [0.15, 0.2) is 17.2 Å². The lowest BCUT2D eigenvalue weighted by Gasteiger charge is -2.32. The molecule has 36 heavy (non-hydrogen) atoms. The first kappa shape index (κ1) is 27.0. The summed E-state index contributed by atoms with van der Waals surface area (Å²) in [5.74, 6) is -10.9. The molecule has 3 rings (SSSR count). The number of primary amides is 1. The van der Waals surface area contributed by atoms with Gasteiger partial charge in [-0.25, -0.2) is 9.38 Å². The van der Waals surface area contributed by atoms with Crippen LogP contribution >= 0.6 is 0 Å². The molecule has 2 heterocycles. The fraction of sp³-hybridized carbons (Fsp3) is 0.381. The molecule has 1 aliphatic heterocycles. The Morgan fingerprint density at radius 1 is 1.25 bits per heavy atom. The number of hydrogen-bond acceptors (Lipinski definition) is 5. The van der Waals surface area contributed by atoms with E-state index in [9.17, 15) is 45.5 Å². The third kappa shape index (κ3) is 4.74. The molecular formula is C21H18F7N3O5. The maximum atomic E-state index is 14.4. The zero-order valence-electron chi connectivity index (χ0n) is 18.4. The maximum Gasteiger partial charge on any atom is 0.417 e. The van der Waals surface area contributed by atoms with Crippen LogP contribution in [0.25, 0.3) is 0 Å². The Morgan fingerprint density at radius 2 is 1.89 bits per heavy atom. The molecule has 2 amide bonds. The Hall–Kier alpha value is -3.62. The van der Waals surface area contributed by atoms with Crippen molar-refractivity contribution in [1.82, 2.24) is 4.73 Å². The van der Waals surface area contributed by atoms with E-state index < -0.39 is 76.8 Å². The number of alkyl halides is 5. The molecule has 1 saturated heterocycles. The topological polar surface area (TPSA) is 116 Å². The highest BCUT2D eigenvalue weighted by atomic mass is 19.4. The summed E-state index contributed by atoms with van der Waals surface area (Å²) >= 11 is 0. The Labute approximate surface area is 197 Å². The van der Waals surface area contributed by atoms with Gasteiger partial charge in [0.1, 0.15) is 11.8 Å². The summed E-state index contributed by atoms with van der Waals surface area (Å²) in [5.41, 5.74) is 0.832. The van der Waals surface area contributed by atoms with Gasteiger partial charge >= 0.3 is 12.8 Å². The average molecular weight is 525 g/mol. The van der Waals surface area contributed by atoms with Crippen LogP contribution < -0.4 is 15.8 Å². The molecule has 0 bridgehead atoms. The molecule has 1 fully saturated rings. The number of benzene rings is 1. The van der Waals surface area contributed by atoms with Crippen molar-refractivity contribution in [2.24, 2.45) is 16.6 Å². The molecule has 15 heteroatoms. The second-order valence-electron chi connectivity index (χ2n) is 8.04. The fourth-order valence-electron chi connectivity index (χ4n) is 3.95. The molecular weight excluding hydrogens is 507 g/mol. The summed E-state index contributed by atoms with van der Waals surface area (Å²) in [7, 11) is 0. The van der Waals surface area contributed by atoms with Crippen LogP contribution in [-0.4, -0.2) is 46.2 Å². The van der Waals surface area contributed by atoms with Crippen molar-refractivity contribution >= 4 is 11.8 Å². The van der Waals surface area contributed by atoms with Crippen LogP contribution in [0, 0.1) is 17.6 Å². The number of hydrogen-bond donors (Lipinski definition) is 2. The summed E-state index contributed by atoms with van der Waals surface area (Å²) in [4.78, 5) is 28.0. The van der Waals surface area contributed by atoms with Gasteiger partial charge in [-0.2, -0.15) is 31.1 Å². The highest BCUT2D eigenvalue weighted by Gasteiger charge is 2.66. The third-order valence-electron chi connectivity index (χ3n) is 5.97. The van der Waals surface area contributed by atoms with Gasteiger partial charge in [-0.3, -0.25) is 9.59 Å². The van der Waals surface area contributed by atoms with E-state index in [1.807, 2.05) is 0 Å². The highest BCUT2D eigenvalue weighted by Crippen LogP contribution is 2.55. The monoisotopic (exact) mass is 525 g/mol. The lowest BCUT2D eigenvalue weighted by atomic mass is 9.77. The zero-order chi connectivity index (χ0) is 27.2. The van der Waals surface area contributed by atoms with Gasteiger partial charge in [-0.1, -0.05) is 13.0 Å². The molecule has 0 saturated carbocycles. The van der Waals surface area contributed by atoms with E-state index >= 15 is 0 Å². The first-order valence-electron chi connectivity index (χ1n) is 10.1. The van der Waals surface area contributed by atoms with E-state index in [0.29, 0.717) is 23.8 Å². The quantitative estimate of drug-likeness (QED) is 0.459. The van der Waals surface area contributed by atoms with Crippen LogP contribution in [0.3, 0.4) is 0 Å². The van der Waals surface area contributed by atoms with Crippen molar-refractivity contribution in [2.75, 3.05) is 0 Å². The van der Waals surface area contributed by atoms with E-state index in [-0.39, 0.29) is 5.36 Å². The van der Waals surface area contributed by atoms with Gasteiger partial charge in [-0.05, 0) is 25.1 Å². The van der Waals surface area contributed by atoms with Crippen LogP contribution in [0.4, 0.5) is 30.7 Å². The number of halogens is 7. The molecule has 4 atom stereocenters. The second kappa shape index (κ2) is 9.44. The van der Waals surface area contributed by atoms with Gasteiger partial charge in [-0.15, -0.1) is 0 Å². The molecule has 0 radical (unpaired) electrons. The summed E-state index contributed by atoms with van der Waals surface area (Å²) in [6.45, 7) is -2.08. The average Bonchev–Trinajstić information content (AvgIpc) is 3.04. The van der Waals surface area contributed by atoms with Crippen molar-refractivity contribution < 1.29 is 55.0 Å². The van der Waals surface area contributed by atoms with E-state index in [0.717, 1.165) is 25.3 Å². The van der Waals surface area contributed by atoms with Crippen LogP contribution in [0.5, 0.6) is 5.75 Å². The number of ether oxygens (including phenoxy) is 2. The Bertz CT molecular complexity index is 1260. The first-order valence-corrected chi connectivity index (χ1v) is 10.1. The number of aromatic nitrogens is 1. The fourth-order valence-corrected chi connectivity index (χ4v) is 3.95. The van der Waals surface area contributed by atoms with E-state index in [1.54, 1.807) is 0 Å². The minimum Gasteiger partial charge on any atom is -0.431 e. The van der Waals surface area contributed by atoms with Crippen molar-refractivity contribution in [1.29, 1.82) is 0 Å². The smallest absolute Gasteiger partial charge is 0.417 e. The number of nitrogens with zero attached hydrogens (tertiary/aromatic N) is 2. The van der Waals surface area contributed by atoms with Gasteiger partial charge in [0.25, 0.3) is 11.8 Å². The molecule has 1 aliphatic rings. The standard InChI is InChI=1S/C21H18F7N3O5/c1-8-13(10-3-4-11(22)14(23)15(10)35-19(24)25)16(36-20(8,2)21(26,27)28)18(33)30-9-5-6-31(34)12(7-9)17(29)32/h3-8,13,16,19,34H,1-2H3,(H2,29,32)/t8-,13-,16+,20-/m1/s1. The molecule has 0 unspecified atom stereocenters. The first-order chi connectivity index (χ1) is 16.6. The molecule has 0 aliphatic carbocycles. The Balaban J connectivity index is 2.20. The number of rotatable bonds is 5.